The number of nitrogens with zero attached hydrogens (tertiary/aromatic N) is 2. The topological polar surface area (TPSA) is 63.1 Å². The molecule has 0 saturated carbocycles. The zero-order chi connectivity index (χ0) is 26.8. The van der Waals surface area contributed by atoms with Crippen molar-refractivity contribution in [3.05, 3.63) is 71.3 Å². The Morgan fingerprint density at radius 1 is 0.919 bits per heavy atom. The second-order valence-electron chi connectivity index (χ2n) is 11.5. The second kappa shape index (κ2) is 11.8. The summed E-state index contributed by atoms with van der Waals surface area (Å²) in [6.45, 7) is 17.5. The van der Waals surface area contributed by atoms with Gasteiger partial charge in [0.15, 0.2) is 5.78 Å². The maximum atomic E-state index is 11.5. The van der Waals surface area contributed by atoms with Crippen LogP contribution in [0.5, 0.6) is 0 Å². The summed E-state index contributed by atoms with van der Waals surface area (Å²) in [5.74, 6) is 0.104. The summed E-state index contributed by atoms with van der Waals surface area (Å²) in [5, 5.41) is 14.3. The number of aromatic nitrogens is 2. The Kier molecular flexibility index (Phi) is 9.79. The van der Waals surface area contributed by atoms with Gasteiger partial charge < -0.3 is 10.1 Å². The number of hydrogen-bond donors (Lipinski definition) is 1. The van der Waals surface area contributed by atoms with E-state index in [1.54, 1.807) is 0 Å². The number of aryl methyl sites for hydroxylation is 3. The Balaban J connectivity index is 0.000000299. The van der Waals surface area contributed by atoms with Crippen LogP contribution >= 0.6 is 0 Å². The molecule has 1 heterocycles. The van der Waals surface area contributed by atoms with Gasteiger partial charge in [-0.2, -0.15) is 0 Å². The van der Waals surface area contributed by atoms with E-state index in [0.717, 1.165) is 35.0 Å². The first-order chi connectivity index (χ1) is 16.8. The molecule has 0 spiro atoms. The van der Waals surface area contributed by atoms with Crippen LogP contribution in [-0.4, -0.2) is 20.9 Å². The number of ketones is 1. The number of carbonyl (C=O) groups excluding carboxylic acids is 1. The fourth-order valence-corrected chi connectivity index (χ4v) is 3.80. The van der Waals surface area contributed by atoms with Crippen molar-refractivity contribution < 1.29 is 30.0 Å². The van der Waals surface area contributed by atoms with E-state index >= 15 is 0 Å². The van der Waals surface area contributed by atoms with E-state index in [9.17, 15) is 9.90 Å². The van der Waals surface area contributed by atoms with Crippen LogP contribution in [0.3, 0.4) is 0 Å². The molecule has 0 unspecified atom stereocenters. The molecule has 0 aliphatic carbocycles. The largest absolute Gasteiger partial charge is 0.512 e. The summed E-state index contributed by atoms with van der Waals surface area (Å²) in [7, 11) is 0. The van der Waals surface area contributed by atoms with Crippen LogP contribution < -0.4 is 0 Å². The number of hydrogen-bond acceptors (Lipinski definition) is 4. The Labute approximate surface area is 235 Å². The number of fused-ring (bicyclic) bond motifs is 6. The second-order valence-corrected chi connectivity index (χ2v) is 11.5. The van der Waals surface area contributed by atoms with Gasteiger partial charge in [-0.25, -0.2) is 0 Å². The van der Waals surface area contributed by atoms with Crippen LogP contribution in [0.1, 0.15) is 72.2 Å². The van der Waals surface area contributed by atoms with Crippen molar-refractivity contribution in [1.29, 1.82) is 0 Å². The predicted octanol–water partition coefficient (Wildman–Crippen LogP) is 8.26. The van der Waals surface area contributed by atoms with E-state index < -0.39 is 5.41 Å². The summed E-state index contributed by atoms with van der Waals surface area (Å²) in [4.78, 5) is 21.0. The third kappa shape index (κ3) is 7.03. The maximum absolute atomic E-state index is 11.5. The van der Waals surface area contributed by atoms with Crippen molar-refractivity contribution >= 4 is 38.4 Å². The van der Waals surface area contributed by atoms with Crippen molar-refractivity contribution in [3.8, 4) is 0 Å². The molecule has 0 fully saturated rings. The molecule has 4 rings (SSSR count). The van der Waals surface area contributed by atoms with Crippen molar-refractivity contribution in [2.24, 2.45) is 10.8 Å². The van der Waals surface area contributed by atoms with Gasteiger partial charge in [0.1, 0.15) is 5.76 Å². The van der Waals surface area contributed by atoms with Gasteiger partial charge in [0.2, 0.25) is 0 Å². The molecule has 0 aliphatic rings. The molecule has 0 saturated heterocycles. The zero-order valence-electron chi connectivity index (χ0n) is 23.5. The molecular weight excluding hydrogens is 637 g/mol. The molecule has 4 aromatic rings. The van der Waals surface area contributed by atoms with Crippen LogP contribution in [0.25, 0.3) is 32.6 Å². The average molecular weight is 676 g/mol. The standard InChI is InChI=1S/C21H19N2.C11H20O2.Ir/c1-4-14-6-8-16-17-9-7-15(5-2)11-19(17)21-20(18(16)10-14)22-12-13(3)23-21;1-10(2,3)8(12)7-9(13)11(4,5)6;/h6-9,11-12H,4-5H2,1-3H3;7,12H,1-6H3;/q-1;;. The van der Waals surface area contributed by atoms with E-state index in [1.807, 2.05) is 54.7 Å². The Bertz CT molecular complexity index is 1460. The molecule has 1 aromatic heterocycles. The van der Waals surface area contributed by atoms with E-state index in [4.69, 9.17) is 9.97 Å². The Morgan fingerprint density at radius 3 is 2.14 bits per heavy atom. The molecule has 0 amide bonds. The number of carbonyl (C=O) groups is 1. The van der Waals surface area contributed by atoms with Gasteiger partial charge in [-0.05, 0) is 30.7 Å². The van der Waals surface area contributed by atoms with Gasteiger partial charge >= 0.3 is 0 Å². The third-order valence-electron chi connectivity index (χ3n) is 6.33. The van der Waals surface area contributed by atoms with Gasteiger partial charge in [0.25, 0.3) is 0 Å². The minimum absolute atomic E-state index is 0. The zero-order valence-corrected chi connectivity index (χ0v) is 25.9. The van der Waals surface area contributed by atoms with Crippen molar-refractivity contribution in [3.63, 3.8) is 0 Å². The summed E-state index contributed by atoms with van der Waals surface area (Å²) in [6.07, 6.45) is 5.18. The van der Waals surface area contributed by atoms with E-state index in [1.165, 1.54) is 33.4 Å². The van der Waals surface area contributed by atoms with E-state index in [2.05, 4.69) is 50.2 Å². The summed E-state index contributed by atoms with van der Waals surface area (Å²) in [6, 6.07) is 14.6. The fraction of sp³-hybridized carbons (Fsp3) is 0.406. The van der Waals surface area contributed by atoms with E-state index in [0.29, 0.717) is 0 Å². The Morgan fingerprint density at radius 2 is 1.57 bits per heavy atom. The Hall–Kier alpha value is -2.62. The summed E-state index contributed by atoms with van der Waals surface area (Å²) < 4.78 is 0. The van der Waals surface area contributed by atoms with Crippen molar-refractivity contribution in [2.75, 3.05) is 0 Å². The van der Waals surface area contributed by atoms with Crippen LogP contribution in [0.4, 0.5) is 0 Å². The molecule has 5 heteroatoms. The normalized spacial score (nSPS) is 12.3. The van der Waals surface area contributed by atoms with Crippen LogP contribution in [0.2, 0.25) is 0 Å². The van der Waals surface area contributed by atoms with Crippen molar-refractivity contribution in [2.45, 2.75) is 75.2 Å². The third-order valence-corrected chi connectivity index (χ3v) is 6.33. The average Bonchev–Trinajstić information content (AvgIpc) is 2.82. The van der Waals surface area contributed by atoms with Gasteiger partial charge in [0.05, 0.1) is 11.2 Å². The first kappa shape index (κ1) is 30.6. The van der Waals surface area contributed by atoms with Gasteiger partial charge in [-0.15, -0.1) is 29.1 Å². The van der Waals surface area contributed by atoms with Crippen LogP contribution in [-0.2, 0) is 37.7 Å². The monoisotopic (exact) mass is 676 g/mol. The summed E-state index contributed by atoms with van der Waals surface area (Å²) >= 11 is 0. The molecule has 1 radical (unpaired) electrons. The molecule has 3 aromatic carbocycles. The first-order valence-corrected chi connectivity index (χ1v) is 12.7. The fourth-order valence-electron chi connectivity index (χ4n) is 3.80. The first-order valence-electron chi connectivity index (χ1n) is 12.7. The van der Waals surface area contributed by atoms with E-state index in [-0.39, 0.29) is 37.1 Å². The minimum Gasteiger partial charge on any atom is -0.512 e. The smallest absolute Gasteiger partial charge is 0.164 e. The molecule has 0 bridgehead atoms. The number of rotatable bonds is 3. The number of benzene rings is 3. The quantitative estimate of drug-likeness (QED) is 0.103. The molecule has 0 aliphatic heterocycles. The number of aliphatic hydroxyl groups is 1. The summed E-state index contributed by atoms with van der Waals surface area (Å²) in [5.41, 5.74) is 4.68. The molecule has 37 heavy (non-hydrogen) atoms. The van der Waals surface area contributed by atoms with Crippen LogP contribution in [0.15, 0.2) is 48.4 Å². The minimum atomic E-state index is -0.417. The molecule has 0 atom stereocenters. The molecule has 1 N–H and O–H groups in total. The van der Waals surface area contributed by atoms with Crippen molar-refractivity contribution in [1.82, 2.24) is 9.97 Å². The number of allylic oxidation sites excluding steroid dienone is 2. The van der Waals surface area contributed by atoms with Gasteiger partial charge in [-0.1, -0.05) is 84.4 Å². The molecular formula is C32H39IrN2O2-. The predicted molar refractivity (Wildman–Crippen MR) is 152 cm³/mol. The van der Waals surface area contributed by atoms with Gasteiger partial charge in [0, 0.05) is 48.7 Å². The number of aliphatic hydroxyl groups excluding tert-OH is 1. The van der Waals surface area contributed by atoms with Gasteiger partial charge in [-0.3, -0.25) is 9.78 Å². The molecule has 199 valence electrons. The van der Waals surface area contributed by atoms with Crippen LogP contribution in [0, 0.1) is 23.8 Å². The maximum Gasteiger partial charge on any atom is 0.164 e. The SMILES string of the molecule is CC(C)(C)C(=O)C=C(O)C(C)(C)C.CCc1[c-]c2c(cc1)c1ccc(CC)cc1c1nc(C)cnc21.[Ir]. The molecule has 4 nitrogen and oxygen atoms in total.